The number of hydrogen-bond donors (Lipinski definition) is 1. The predicted octanol–water partition coefficient (Wildman–Crippen LogP) is 2.28. The molecule has 0 aliphatic rings. The molecule has 0 aromatic heterocycles. The van der Waals surface area contributed by atoms with E-state index in [1.807, 2.05) is 24.3 Å². The quantitative estimate of drug-likeness (QED) is 0.854. The third-order valence-electron chi connectivity index (χ3n) is 2.50. The molecular formula is C14H10AsCl2O2. The van der Waals surface area contributed by atoms with E-state index in [0.29, 0.717) is 10.0 Å². The molecule has 1 N–H and O–H groups in total. The van der Waals surface area contributed by atoms with E-state index in [1.165, 1.54) is 0 Å². The molecule has 2 nitrogen and oxygen atoms in total. The van der Waals surface area contributed by atoms with E-state index in [0.717, 1.165) is 14.3 Å². The Morgan fingerprint density at radius 2 is 1.68 bits per heavy atom. The zero-order chi connectivity index (χ0) is 13.8. The second-order valence-corrected chi connectivity index (χ2v) is 7.11. The average Bonchev–Trinajstić information content (AvgIpc) is 2.35. The van der Waals surface area contributed by atoms with E-state index in [4.69, 9.17) is 28.3 Å². The van der Waals surface area contributed by atoms with Crippen molar-refractivity contribution in [3.05, 3.63) is 58.1 Å². The van der Waals surface area contributed by atoms with E-state index in [-0.39, 0.29) is 6.42 Å². The van der Waals surface area contributed by atoms with Crippen LogP contribution in [0.3, 0.4) is 0 Å². The standard InChI is InChI=1S/C14H10AsCl2O2/c16-11-6-3-7-12(17)14(11)15-10-5-2-1-4-9(10)8-13(18)19/h1-7H,8H2,(H,18,19). The van der Waals surface area contributed by atoms with Crippen molar-refractivity contribution in [3.8, 4) is 0 Å². The third kappa shape index (κ3) is 3.76. The molecule has 1 radical (unpaired) electrons. The predicted molar refractivity (Wildman–Crippen MR) is 79.3 cm³/mol. The fourth-order valence-corrected chi connectivity index (χ4v) is 4.71. The van der Waals surface area contributed by atoms with Crippen LogP contribution in [0.5, 0.6) is 0 Å². The molecule has 0 unspecified atom stereocenters. The zero-order valence-electron chi connectivity index (χ0n) is 9.81. The number of rotatable bonds is 4. The van der Waals surface area contributed by atoms with Crippen LogP contribution in [-0.2, 0) is 11.2 Å². The van der Waals surface area contributed by atoms with Gasteiger partial charge in [0.2, 0.25) is 0 Å². The van der Waals surface area contributed by atoms with Gasteiger partial charge in [0, 0.05) is 0 Å². The molecule has 2 rings (SSSR count). The Morgan fingerprint density at radius 3 is 2.32 bits per heavy atom. The minimum atomic E-state index is -0.834. The van der Waals surface area contributed by atoms with Crippen LogP contribution in [0.1, 0.15) is 5.56 Å². The summed E-state index contributed by atoms with van der Waals surface area (Å²) in [5, 5.41) is 10.2. The Kier molecular flexibility index (Phi) is 4.92. The Bertz CT molecular complexity index is 594. The topological polar surface area (TPSA) is 37.3 Å². The molecule has 2 aromatic rings. The molecule has 0 bridgehead atoms. The number of carboxylic acid groups (broad SMARTS) is 1. The van der Waals surface area contributed by atoms with Crippen molar-refractivity contribution >= 4 is 53.6 Å². The van der Waals surface area contributed by atoms with Crippen molar-refractivity contribution in [2.24, 2.45) is 0 Å². The van der Waals surface area contributed by atoms with Gasteiger partial charge in [0.15, 0.2) is 0 Å². The van der Waals surface area contributed by atoms with E-state index in [2.05, 4.69) is 0 Å². The molecule has 5 heteroatoms. The number of aliphatic carboxylic acids is 1. The van der Waals surface area contributed by atoms with Crippen LogP contribution in [0.4, 0.5) is 0 Å². The molecule has 0 aliphatic carbocycles. The number of carbonyl (C=O) groups is 1. The summed E-state index contributed by atoms with van der Waals surface area (Å²) >= 11 is 11.9. The summed E-state index contributed by atoms with van der Waals surface area (Å²) in [5.74, 6) is -0.834. The third-order valence-corrected chi connectivity index (χ3v) is 6.61. The summed E-state index contributed by atoms with van der Waals surface area (Å²) < 4.78 is 1.94. The molecule has 0 fully saturated rings. The van der Waals surface area contributed by atoms with Gasteiger partial charge in [-0.05, 0) is 0 Å². The van der Waals surface area contributed by atoms with Gasteiger partial charge in [0.1, 0.15) is 0 Å². The molecule has 0 heterocycles. The van der Waals surface area contributed by atoms with Gasteiger partial charge in [-0.1, -0.05) is 0 Å². The minimum absolute atomic E-state index is 0.0217. The van der Waals surface area contributed by atoms with Crippen molar-refractivity contribution in [1.82, 2.24) is 0 Å². The van der Waals surface area contributed by atoms with Crippen LogP contribution in [0.25, 0.3) is 0 Å². The monoisotopic (exact) mass is 355 g/mol. The van der Waals surface area contributed by atoms with Gasteiger partial charge >= 0.3 is 128 Å². The number of carboxylic acids is 1. The van der Waals surface area contributed by atoms with E-state index < -0.39 is 21.7 Å². The zero-order valence-corrected chi connectivity index (χ0v) is 13.2. The fourth-order valence-electron chi connectivity index (χ4n) is 1.65. The maximum absolute atomic E-state index is 10.9. The van der Waals surface area contributed by atoms with Crippen LogP contribution < -0.4 is 8.70 Å². The van der Waals surface area contributed by atoms with Gasteiger partial charge in [0.25, 0.3) is 0 Å². The fraction of sp³-hybridized carbons (Fsp3) is 0.0714. The number of halogens is 2. The molecule has 0 atom stereocenters. The summed E-state index contributed by atoms with van der Waals surface area (Å²) in [4.78, 5) is 10.9. The molecule has 0 spiro atoms. The Labute approximate surface area is 128 Å². The van der Waals surface area contributed by atoms with Gasteiger partial charge in [-0.2, -0.15) is 0 Å². The van der Waals surface area contributed by atoms with Crippen LogP contribution in [0, 0.1) is 0 Å². The average molecular weight is 356 g/mol. The van der Waals surface area contributed by atoms with Gasteiger partial charge in [-0.3, -0.25) is 0 Å². The van der Waals surface area contributed by atoms with Crippen LogP contribution >= 0.6 is 23.2 Å². The molecule has 2 aromatic carbocycles. The van der Waals surface area contributed by atoms with Gasteiger partial charge < -0.3 is 0 Å². The van der Waals surface area contributed by atoms with E-state index in [9.17, 15) is 4.79 Å². The van der Waals surface area contributed by atoms with Gasteiger partial charge in [-0.25, -0.2) is 0 Å². The number of benzene rings is 2. The van der Waals surface area contributed by atoms with Gasteiger partial charge in [0.05, 0.1) is 0 Å². The maximum atomic E-state index is 10.9. The first kappa shape index (κ1) is 14.5. The number of hydrogen-bond acceptors (Lipinski definition) is 1. The second-order valence-electron chi connectivity index (χ2n) is 3.88. The Hall–Kier alpha value is -0.952. The molecule has 97 valence electrons. The first-order valence-electron chi connectivity index (χ1n) is 5.53. The molecule has 0 aliphatic heterocycles. The SMILES string of the molecule is O=C(O)Cc1ccccc1[As]c1c(Cl)cccc1Cl. The first-order valence-corrected chi connectivity index (χ1v) is 8.16. The first-order chi connectivity index (χ1) is 9.08. The second kappa shape index (κ2) is 6.47. The molecule has 0 saturated carbocycles. The van der Waals surface area contributed by atoms with Crippen molar-refractivity contribution in [2.45, 2.75) is 6.42 Å². The van der Waals surface area contributed by atoms with E-state index >= 15 is 0 Å². The van der Waals surface area contributed by atoms with Crippen molar-refractivity contribution in [3.63, 3.8) is 0 Å². The van der Waals surface area contributed by atoms with Crippen LogP contribution in [0.15, 0.2) is 42.5 Å². The summed E-state index contributed by atoms with van der Waals surface area (Å²) in [6.07, 6.45) is 0.0217. The van der Waals surface area contributed by atoms with Crippen LogP contribution in [0.2, 0.25) is 10.0 Å². The summed E-state index contributed by atoms with van der Waals surface area (Å²) in [6, 6.07) is 12.9. The molecule has 0 saturated heterocycles. The van der Waals surface area contributed by atoms with Crippen LogP contribution in [-0.4, -0.2) is 26.8 Å². The van der Waals surface area contributed by atoms with Crippen molar-refractivity contribution in [2.75, 3.05) is 0 Å². The molecular weight excluding hydrogens is 346 g/mol. The Balaban J connectivity index is 2.36. The summed E-state index contributed by atoms with van der Waals surface area (Å²) in [7, 11) is 0. The summed E-state index contributed by atoms with van der Waals surface area (Å²) in [6.45, 7) is 0. The van der Waals surface area contributed by atoms with Gasteiger partial charge in [-0.15, -0.1) is 0 Å². The molecule has 0 amide bonds. The Morgan fingerprint density at radius 1 is 1.05 bits per heavy atom. The molecule has 19 heavy (non-hydrogen) atoms. The van der Waals surface area contributed by atoms with E-state index in [1.54, 1.807) is 18.2 Å². The summed E-state index contributed by atoms with van der Waals surface area (Å²) in [5.41, 5.74) is 0.825. The van der Waals surface area contributed by atoms with Crippen molar-refractivity contribution in [1.29, 1.82) is 0 Å². The van der Waals surface area contributed by atoms with Crippen molar-refractivity contribution < 1.29 is 9.90 Å². The normalized spacial score (nSPS) is 11.1.